The van der Waals surface area contributed by atoms with E-state index in [0.717, 1.165) is 31.4 Å². The SMILES string of the molecule is O=C(C[C@H]1CC[C@H]2[C@@H](COC[C@@H](O)CN2CCc2ccccc2)O1)NCc1ccc(F)cc1. The van der Waals surface area contributed by atoms with Gasteiger partial charge in [0.25, 0.3) is 0 Å². The molecule has 4 rings (SSSR count). The van der Waals surface area contributed by atoms with Crippen molar-refractivity contribution in [3.8, 4) is 0 Å². The van der Waals surface area contributed by atoms with Crippen LogP contribution in [0.25, 0.3) is 0 Å². The van der Waals surface area contributed by atoms with E-state index in [-0.39, 0.29) is 43.0 Å². The van der Waals surface area contributed by atoms with Gasteiger partial charge >= 0.3 is 0 Å². The number of fused-ring (bicyclic) bond motifs is 1. The van der Waals surface area contributed by atoms with Crippen molar-refractivity contribution in [1.29, 1.82) is 0 Å². The maximum atomic E-state index is 13.0. The van der Waals surface area contributed by atoms with E-state index in [1.807, 2.05) is 18.2 Å². The summed E-state index contributed by atoms with van der Waals surface area (Å²) in [4.78, 5) is 14.8. The van der Waals surface area contributed by atoms with Gasteiger partial charge in [0.2, 0.25) is 5.91 Å². The van der Waals surface area contributed by atoms with Crippen molar-refractivity contribution >= 4 is 5.91 Å². The second kappa shape index (κ2) is 11.7. The molecule has 0 aliphatic carbocycles. The zero-order valence-electron chi connectivity index (χ0n) is 18.9. The Hall–Kier alpha value is -2.32. The van der Waals surface area contributed by atoms with Crippen molar-refractivity contribution in [1.82, 2.24) is 10.2 Å². The van der Waals surface area contributed by atoms with Crippen LogP contribution in [-0.4, -0.2) is 66.6 Å². The summed E-state index contributed by atoms with van der Waals surface area (Å²) in [6.45, 7) is 2.47. The number of benzene rings is 2. The molecule has 0 saturated carbocycles. The van der Waals surface area contributed by atoms with E-state index >= 15 is 0 Å². The minimum atomic E-state index is -0.517. The average Bonchev–Trinajstić information content (AvgIpc) is 2.81. The average molecular weight is 457 g/mol. The summed E-state index contributed by atoms with van der Waals surface area (Å²) in [6.07, 6.45) is 2.07. The fraction of sp³-hybridized carbons (Fsp3) is 0.500. The van der Waals surface area contributed by atoms with Crippen molar-refractivity contribution in [3.05, 3.63) is 71.5 Å². The normalized spacial score (nSPS) is 26.1. The van der Waals surface area contributed by atoms with Crippen molar-refractivity contribution in [2.75, 3.05) is 26.3 Å². The van der Waals surface area contributed by atoms with Crippen LogP contribution >= 0.6 is 0 Å². The summed E-state index contributed by atoms with van der Waals surface area (Å²) in [5.74, 6) is -0.368. The van der Waals surface area contributed by atoms with Crippen molar-refractivity contribution < 1.29 is 23.8 Å². The number of carbonyl (C=O) groups excluding carboxylic acids is 1. The van der Waals surface area contributed by atoms with Crippen LogP contribution in [-0.2, 0) is 27.2 Å². The number of hydrogen-bond acceptors (Lipinski definition) is 5. The monoisotopic (exact) mass is 456 g/mol. The molecule has 2 aliphatic heterocycles. The molecule has 33 heavy (non-hydrogen) atoms. The van der Waals surface area contributed by atoms with Gasteiger partial charge in [-0.25, -0.2) is 4.39 Å². The van der Waals surface area contributed by atoms with Crippen LogP contribution in [0.1, 0.15) is 30.4 Å². The van der Waals surface area contributed by atoms with Gasteiger partial charge in [-0.15, -0.1) is 0 Å². The van der Waals surface area contributed by atoms with Crippen LogP contribution in [0.4, 0.5) is 4.39 Å². The summed E-state index contributed by atoms with van der Waals surface area (Å²) in [5.41, 5.74) is 2.13. The number of rotatable bonds is 7. The summed E-state index contributed by atoms with van der Waals surface area (Å²) in [6, 6.07) is 16.6. The molecule has 1 amide bonds. The molecule has 178 valence electrons. The van der Waals surface area contributed by atoms with Crippen LogP contribution < -0.4 is 5.32 Å². The Labute approximate surface area is 194 Å². The summed E-state index contributed by atoms with van der Waals surface area (Å²) in [7, 11) is 0. The zero-order chi connectivity index (χ0) is 23.0. The third-order valence-electron chi connectivity index (χ3n) is 6.43. The number of nitrogens with zero attached hydrogens (tertiary/aromatic N) is 1. The summed E-state index contributed by atoms with van der Waals surface area (Å²) in [5, 5.41) is 13.2. The number of halogens is 1. The molecular weight excluding hydrogens is 423 g/mol. The molecule has 0 unspecified atom stereocenters. The van der Waals surface area contributed by atoms with Crippen LogP contribution in [0.15, 0.2) is 54.6 Å². The lowest BCUT2D eigenvalue weighted by Crippen LogP contribution is -2.56. The van der Waals surface area contributed by atoms with Gasteiger partial charge in [-0.1, -0.05) is 42.5 Å². The first-order valence-electron chi connectivity index (χ1n) is 11.8. The Kier molecular flexibility index (Phi) is 8.45. The van der Waals surface area contributed by atoms with E-state index in [9.17, 15) is 14.3 Å². The molecule has 7 heteroatoms. The first kappa shape index (κ1) is 23.8. The van der Waals surface area contributed by atoms with Gasteiger partial charge in [0.05, 0.1) is 37.9 Å². The second-order valence-corrected chi connectivity index (χ2v) is 8.97. The number of ether oxygens (including phenoxy) is 2. The minimum Gasteiger partial charge on any atom is -0.389 e. The Bertz CT molecular complexity index is 880. The molecule has 4 atom stereocenters. The fourth-order valence-corrected chi connectivity index (χ4v) is 4.70. The Morgan fingerprint density at radius 3 is 2.64 bits per heavy atom. The zero-order valence-corrected chi connectivity index (χ0v) is 18.9. The molecule has 0 spiro atoms. The lowest BCUT2D eigenvalue weighted by Gasteiger charge is -2.44. The number of carbonyl (C=O) groups is 1. The van der Waals surface area contributed by atoms with Gasteiger partial charge in [-0.05, 0) is 42.5 Å². The molecule has 0 aromatic heterocycles. The quantitative estimate of drug-likeness (QED) is 0.671. The number of hydrogen-bond donors (Lipinski definition) is 2. The molecule has 2 heterocycles. The van der Waals surface area contributed by atoms with E-state index in [2.05, 4.69) is 22.3 Å². The van der Waals surface area contributed by atoms with Crippen LogP contribution in [0.2, 0.25) is 0 Å². The van der Waals surface area contributed by atoms with Crippen molar-refractivity contribution in [2.45, 2.75) is 56.6 Å². The lowest BCUT2D eigenvalue weighted by atomic mass is 9.94. The summed E-state index contributed by atoms with van der Waals surface area (Å²) >= 11 is 0. The first-order valence-corrected chi connectivity index (χ1v) is 11.8. The molecule has 6 nitrogen and oxygen atoms in total. The van der Waals surface area contributed by atoms with Crippen molar-refractivity contribution in [2.24, 2.45) is 0 Å². The van der Waals surface area contributed by atoms with Crippen LogP contribution in [0.5, 0.6) is 0 Å². The molecule has 2 aliphatic rings. The minimum absolute atomic E-state index is 0.0779. The molecule has 2 fully saturated rings. The number of nitrogens with one attached hydrogen (secondary N) is 1. The molecule has 0 radical (unpaired) electrons. The van der Waals surface area contributed by atoms with Gasteiger partial charge in [-0.2, -0.15) is 0 Å². The van der Waals surface area contributed by atoms with Gasteiger partial charge in [0.1, 0.15) is 5.82 Å². The Balaban J connectivity index is 1.30. The predicted octanol–water partition coefficient (Wildman–Crippen LogP) is 2.68. The molecule has 2 aromatic carbocycles. The topological polar surface area (TPSA) is 71.0 Å². The summed E-state index contributed by atoms with van der Waals surface area (Å²) < 4.78 is 25.1. The van der Waals surface area contributed by atoms with E-state index in [4.69, 9.17) is 9.47 Å². The largest absolute Gasteiger partial charge is 0.389 e. The van der Waals surface area contributed by atoms with E-state index < -0.39 is 6.10 Å². The molecule has 2 aromatic rings. The first-order chi connectivity index (χ1) is 16.1. The highest BCUT2D eigenvalue weighted by atomic mass is 19.1. The lowest BCUT2D eigenvalue weighted by molar-refractivity contribution is -0.156. The highest BCUT2D eigenvalue weighted by molar-refractivity contribution is 5.76. The third-order valence-corrected chi connectivity index (χ3v) is 6.43. The maximum Gasteiger partial charge on any atom is 0.222 e. The molecular formula is C26H33FN2O4. The van der Waals surface area contributed by atoms with E-state index in [1.165, 1.54) is 17.7 Å². The van der Waals surface area contributed by atoms with Gasteiger partial charge in [0.15, 0.2) is 0 Å². The number of β-amino-alcohol motifs (C(OH)–C–C–N with tert-alkyl or cyclic N) is 1. The van der Waals surface area contributed by atoms with E-state index in [0.29, 0.717) is 19.7 Å². The standard InChI is InChI=1S/C26H33FN2O4/c27-21-8-6-20(7-9-21)15-28-26(31)14-23-10-11-24-25(33-23)18-32-17-22(30)16-29(24)13-12-19-4-2-1-3-5-19/h1-9,22-25,30H,10-18H2,(H,28,31)/t22-,23+,24-,25+/m0/s1. The third kappa shape index (κ3) is 7.08. The number of aliphatic hydroxyl groups excluding tert-OH is 1. The molecule has 2 N–H and O–H groups in total. The van der Waals surface area contributed by atoms with Crippen LogP contribution in [0.3, 0.4) is 0 Å². The molecule has 2 saturated heterocycles. The second-order valence-electron chi connectivity index (χ2n) is 8.97. The Morgan fingerprint density at radius 2 is 1.85 bits per heavy atom. The highest BCUT2D eigenvalue weighted by Gasteiger charge is 2.37. The fourth-order valence-electron chi connectivity index (χ4n) is 4.70. The highest BCUT2D eigenvalue weighted by Crippen LogP contribution is 2.28. The number of amides is 1. The maximum absolute atomic E-state index is 13.0. The smallest absolute Gasteiger partial charge is 0.222 e. The number of aliphatic hydroxyl groups is 1. The van der Waals surface area contributed by atoms with Gasteiger partial charge in [-0.3, -0.25) is 9.69 Å². The molecule has 0 bridgehead atoms. The Morgan fingerprint density at radius 1 is 1.06 bits per heavy atom. The van der Waals surface area contributed by atoms with Gasteiger partial charge < -0.3 is 19.9 Å². The predicted molar refractivity (Wildman–Crippen MR) is 123 cm³/mol. The van der Waals surface area contributed by atoms with E-state index in [1.54, 1.807) is 12.1 Å². The van der Waals surface area contributed by atoms with Gasteiger partial charge in [0, 0.05) is 25.7 Å². The van der Waals surface area contributed by atoms with Crippen molar-refractivity contribution in [3.63, 3.8) is 0 Å². The van der Waals surface area contributed by atoms with Crippen LogP contribution in [0, 0.1) is 5.82 Å².